The van der Waals surface area contributed by atoms with Crippen molar-refractivity contribution in [3.05, 3.63) is 48.0 Å². The third kappa shape index (κ3) is 11.6. The summed E-state index contributed by atoms with van der Waals surface area (Å²) >= 11 is 0.819. The average Bonchev–Trinajstić information content (AvgIpc) is 2.78. The number of nitrogens with one attached hydrogen (secondary N) is 4. The summed E-state index contributed by atoms with van der Waals surface area (Å²) in [5.74, 6) is -2.45. The second-order valence-electron chi connectivity index (χ2n) is 6.60. The van der Waals surface area contributed by atoms with E-state index in [1.165, 1.54) is 0 Å². The van der Waals surface area contributed by atoms with Gasteiger partial charge in [-0.1, -0.05) is 48.7 Å². The Bertz CT molecular complexity index is 872. The van der Waals surface area contributed by atoms with E-state index in [1.54, 1.807) is 37.3 Å². The molecule has 172 valence electrons. The van der Waals surface area contributed by atoms with E-state index in [4.69, 9.17) is 0 Å². The maximum Gasteiger partial charge on any atom is 0.246 e. The van der Waals surface area contributed by atoms with E-state index in [9.17, 15) is 28.8 Å². The molecule has 0 spiro atoms. The minimum atomic E-state index is -0.596. The van der Waals surface area contributed by atoms with Gasteiger partial charge in [0.05, 0.1) is 25.4 Å². The molecule has 1 aromatic carbocycles. The topological polar surface area (TPSA) is 151 Å². The lowest BCUT2D eigenvalue weighted by Crippen LogP contribution is -2.43. The number of rotatable bonds is 13. The Morgan fingerprint density at radius 2 is 1.38 bits per heavy atom. The van der Waals surface area contributed by atoms with Crippen LogP contribution in [0.3, 0.4) is 0 Å². The van der Waals surface area contributed by atoms with Crippen molar-refractivity contribution in [1.29, 1.82) is 0 Å². The molecule has 0 heterocycles. The SMILES string of the molecule is C=C(C)C(=O)NCCC(=O)CNC(=O)CNC(=O)CNC(=O)CSC(=O)c1ccccc1. The lowest BCUT2D eigenvalue weighted by Gasteiger charge is -2.08. The number of ketones is 1. The van der Waals surface area contributed by atoms with Crippen LogP contribution in [-0.4, -0.2) is 66.5 Å². The fourth-order valence-electron chi connectivity index (χ4n) is 2.07. The largest absolute Gasteiger partial charge is 0.352 e. The summed E-state index contributed by atoms with van der Waals surface area (Å²) in [6, 6.07) is 8.49. The Kier molecular flexibility index (Phi) is 12.1. The monoisotopic (exact) mass is 462 g/mol. The number of carbonyl (C=O) groups excluding carboxylic acids is 6. The highest BCUT2D eigenvalue weighted by Crippen LogP contribution is 2.11. The molecule has 32 heavy (non-hydrogen) atoms. The van der Waals surface area contributed by atoms with E-state index in [0.29, 0.717) is 11.1 Å². The summed E-state index contributed by atoms with van der Waals surface area (Å²) in [7, 11) is 0. The zero-order valence-electron chi connectivity index (χ0n) is 17.7. The van der Waals surface area contributed by atoms with Crippen LogP contribution in [0.2, 0.25) is 0 Å². The van der Waals surface area contributed by atoms with E-state index in [0.717, 1.165) is 11.8 Å². The number of hydrogen-bond acceptors (Lipinski definition) is 7. The molecule has 1 aromatic rings. The van der Waals surface area contributed by atoms with Crippen molar-refractivity contribution in [3.8, 4) is 0 Å². The van der Waals surface area contributed by atoms with Crippen LogP contribution < -0.4 is 21.3 Å². The minimum Gasteiger partial charge on any atom is -0.352 e. The Morgan fingerprint density at radius 1 is 0.812 bits per heavy atom. The smallest absolute Gasteiger partial charge is 0.246 e. The van der Waals surface area contributed by atoms with Crippen LogP contribution in [0.25, 0.3) is 0 Å². The van der Waals surface area contributed by atoms with E-state index in [1.807, 2.05) is 0 Å². The molecule has 1 rings (SSSR count). The fraction of sp³-hybridized carbons (Fsp3) is 0.333. The van der Waals surface area contributed by atoms with Crippen LogP contribution in [0.5, 0.6) is 0 Å². The van der Waals surface area contributed by atoms with Crippen LogP contribution in [0.1, 0.15) is 23.7 Å². The number of Topliss-reactive ketones (excluding diaryl/α,β-unsaturated/α-hetero) is 1. The van der Waals surface area contributed by atoms with Crippen LogP contribution in [0.4, 0.5) is 0 Å². The number of benzene rings is 1. The average molecular weight is 463 g/mol. The lowest BCUT2D eigenvalue weighted by molar-refractivity contribution is -0.128. The zero-order chi connectivity index (χ0) is 23.9. The molecule has 0 aliphatic carbocycles. The van der Waals surface area contributed by atoms with Gasteiger partial charge in [-0.15, -0.1) is 0 Å². The lowest BCUT2D eigenvalue weighted by atomic mass is 10.2. The molecule has 4 N–H and O–H groups in total. The van der Waals surface area contributed by atoms with Crippen LogP contribution >= 0.6 is 11.8 Å². The van der Waals surface area contributed by atoms with Gasteiger partial charge < -0.3 is 21.3 Å². The van der Waals surface area contributed by atoms with Gasteiger partial charge in [-0.2, -0.15) is 0 Å². The second-order valence-corrected chi connectivity index (χ2v) is 7.55. The van der Waals surface area contributed by atoms with E-state index < -0.39 is 17.7 Å². The van der Waals surface area contributed by atoms with Crippen LogP contribution in [0, 0.1) is 0 Å². The molecule has 10 nitrogen and oxygen atoms in total. The molecule has 0 atom stereocenters. The molecular weight excluding hydrogens is 436 g/mol. The number of thioether (sulfide) groups is 1. The summed E-state index contributed by atoms with van der Waals surface area (Å²) in [5.41, 5.74) is 0.807. The van der Waals surface area contributed by atoms with Gasteiger partial charge in [-0.25, -0.2) is 0 Å². The third-order valence-corrected chi connectivity index (χ3v) is 4.70. The number of carbonyl (C=O) groups is 6. The Morgan fingerprint density at radius 3 is 1.97 bits per heavy atom. The van der Waals surface area contributed by atoms with E-state index >= 15 is 0 Å². The molecule has 0 radical (unpaired) electrons. The van der Waals surface area contributed by atoms with Gasteiger partial charge in [0.1, 0.15) is 0 Å². The van der Waals surface area contributed by atoms with Crippen molar-refractivity contribution in [2.24, 2.45) is 0 Å². The normalized spacial score (nSPS) is 9.91. The van der Waals surface area contributed by atoms with Gasteiger partial charge in [0.2, 0.25) is 28.7 Å². The highest BCUT2D eigenvalue weighted by atomic mass is 32.2. The van der Waals surface area contributed by atoms with E-state index in [-0.39, 0.29) is 55.2 Å². The predicted octanol–water partition coefficient (Wildman–Crippen LogP) is -0.440. The third-order valence-electron chi connectivity index (χ3n) is 3.80. The quantitative estimate of drug-likeness (QED) is 0.290. The molecule has 0 bridgehead atoms. The highest BCUT2D eigenvalue weighted by Gasteiger charge is 2.12. The summed E-state index contributed by atoms with van der Waals surface area (Å²) in [5, 5.41) is 9.26. The first-order valence-corrected chi connectivity index (χ1v) is 10.6. The molecule has 0 fully saturated rings. The van der Waals surface area contributed by atoms with Crippen molar-refractivity contribution in [2.45, 2.75) is 13.3 Å². The van der Waals surface area contributed by atoms with Gasteiger partial charge in [0.15, 0.2) is 5.78 Å². The van der Waals surface area contributed by atoms with Crippen molar-refractivity contribution < 1.29 is 28.8 Å². The molecule has 0 aliphatic heterocycles. The second kappa shape index (κ2) is 14.5. The van der Waals surface area contributed by atoms with Crippen LogP contribution in [-0.2, 0) is 24.0 Å². The minimum absolute atomic E-state index is 0.0441. The summed E-state index contributed by atoms with van der Waals surface area (Å²) in [6.07, 6.45) is 0.0441. The Hall–Kier alpha value is -3.47. The standard InChI is InChI=1S/C21H26N4O6S/c1-14(2)20(30)22-9-8-16(26)10-23-17(27)11-24-18(28)12-25-19(29)13-32-21(31)15-6-4-3-5-7-15/h3-7H,1,8-13H2,2H3,(H,22,30)(H,23,27)(H,24,28)(H,25,29). The number of hydrogen-bond donors (Lipinski definition) is 4. The zero-order valence-corrected chi connectivity index (χ0v) is 18.5. The van der Waals surface area contributed by atoms with Gasteiger partial charge in [0.25, 0.3) is 0 Å². The van der Waals surface area contributed by atoms with Gasteiger partial charge >= 0.3 is 0 Å². The number of amides is 4. The van der Waals surface area contributed by atoms with E-state index in [2.05, 4.69) is 27.8 Å². The van der Waals surface area contributed by atoms with Crippen molar-refractivity contribution >= 4 is 46.3 Å². The predicted molar refractivity (Wildman–Crippen MR) is 120 cm³/mol. The fourth-order valence-corrected chi connectivity index (χ4v) is 2.74. The summed E-state index contributed by atoms with van der Waals surface area (Å²) < 4.78 is 0. The highest BCUT2D eigenvalue weighted by molar-refractivity contribution is 8.14. The van der Waals surface area contributed by atoms with Crippen molar-refractivity contribution in [3.63, 3.8) is 0 Å². The van der Waals surface area contributed by atoms with Crippen molar-refractivity contribution in [1.82, 2.24) is 21.3 Å². The molecule has 0 saturated heterocycles. The molecule has 4 amide bonds. The first-order valence-electron chi connectivity index (χ1n) is 9.66. The molecule has 11 heteroatoms. The molecule has 0 saturated carbocycles. The first kappa shape index (κ1) is 26.6. The molecule has 0 aliphatic rings. The molecule has 0 aromatic heterocycles. The van der Waals surface area contributed by atoms with Gasteiger partial charge in [0, 0.05) is 24.1 Å². The molecular formula is C21H26N4O6S. The van der Waals surface area contributed by atoms with Gasteiger partial charge in [-0.3, -0.25) is 28.8 Å². The summed E-state index contributed by atoms with van der Waals surface area (Å²) in [6.45, 7) is 4.19. The van der Waals surface area contributed by atoms with Crippen molar-refractivity contribution in [2.75, 3.05) is 31.9 Å². The maximum absolute atomic E-state index is 11.9. The Balaban J connectivity index is 2.13. The van der Waals surface area contributed by atoms with Gasteiger partial charge in [-0.05, 0) is 6.92 Å². The summed E-state index contributed by atoms with van der Waals surface area (Å²) in [4.78, 5) is 70.0. The first-order chi connectivity index (χ1) is 15.2. The Labute approximate surface area is 190 Å². The van der Waals surface area contributed by atoms with Crippen LogP contribution in [0.15, 0.2) is 42.5 Å². The molecule has 0 unspecified atom stereocenters. The maximum atomic E-state index is 11.9.